The lowest BCUT2D eigenvalue weighted by atomic mass is 10.1. The van der Waals surface area contributed by atoms with E-state index in [1.165, 1.54) is 0 Å². The quantitative estimate of drug-likeness (QED) is 0.785. The van der Waals surface area contributed by atoms with Crippen LogP contribution >= 0.6 is 21.4 Å². The highest BCUT2D eigenvalue weighted by atomic mass is 36.0. The summed E-state index contributed by atoms with van der Waals surface area (Å²) in [4.78, 5) is 10.4. The highest BCUT2D eigenvalue weighted by Crippen LogP contribution is 2.02. The molecule has 1 rings (SSSR count). The van der Waals surface area contributed by atoms with Crippen molar-refractivity contribution < 1.29 is 14.1 Å². The van der Waals surface area contributed by atoms with Crippen LogP contribution in [0.1, 0.15) is 15.9 Å². The minimum Gasteiger partial charge on any atom is -0.478 e. The van der Waals surface area contributed by atoms with Crippen LogP contribution in [0.15, 0.2) is 24.3 Å². The molecule has 0 aliphatic carbocycles. The molecule has 0 saturated heterocycles. The topological polar surface area (TPSA) is 54.4 Å². The molecule has 78 valence electrons. The number of carboxylic acids is 1. The van der Waals surface area contributed by atoms with Gasteiger partial charge in [-0.25, -0.2) is 9.00 Å². The van der Waals surface area contributed by atoms with Crippen LogP contribution in [0.4, 0.5) is 0 Å². The van der Waals surface area contributed by atoms with Crippen molar-refractivity contribution in [1.29, 1.82) is 0 Å². The molecule has 0 amide bonds. The van der Waals surface area contributed by atoms with Gasteiger partial charge in [0.2, 0.25) is 9.23 Å². The number of hydrogen-bond acceptors (Lipinski definition) is 2. The van der Waals surface area contributed by atoms with E-state index in [0.29, 0.717) is 5.56 Å². The molecule has 3 nitrogen and oxygen atoms in total. The van der Waals surface area contributed by atoms with Crippen molar-refractivity contribution in [3.63, 3.8) is 0 Å². The van der Waals surface area contributed by atoms with Crippen LogP contribution in [0.3, 0.4) is 0 Å². The van der Waals surface area contributed by atoms with Gasteiger partial charge in [0.1, 0.15) is 0 Å². The van der Waals surface area contributed by atoms with Crippen LogP contribution < -0.4 is 0 Å². The summed E-state index contributed by atoms with van der Waals surface area (Å²) >= 11 is 0. The molecule has 0 atom stereocenters. The molecule has 0 spiro atoms. The number of rotatable bonds is 1. The Bertz CT molecular complexity index is 337. The van der Waals surface area contributed by atoms with Crippen LogP contribution in [-0.2, 0) is 9.23 Å². The molecule has 1 aromatic carbocycles. The summed E-state index contributed by atoms with van der Waals surface area (Å²) in [6.07, 6.45) is 0. The van der Waals surface area contributed by atoms with E-state index in [-0.39, 0.29) is 0 Å². The van der Waals surface area contributed by atoms with Crippen LogP contribution in [0.2, 0.25) is 0 Å². The van der Waals surface area contributed by atoms with Crippen molar-refractivity contribution in [1.82, 2.24) is 0 Å². The van der Waals surface area contributed by atoms with Gasteiger partial charge in [-0.2, -0.15) is 0 Å². The summed E-state index contributed by atoms with van der Waals surface area (Å²) in [7, 11) is 7.36. The Kier molecular flexibility index (Phi) is 6.53. The molecule has 0 aliphatic heterocycles. The van der Waals surface area contributed by atoms with Gasteiger partial charge in [0, 0.05) is 21.4 Å². The zero-order valence-corrected chi connectivity index (χ0v) is 9.57. The lowest BCUT2D eigenvalue weighted by Crippen LogP contribution is -1.95. The van der Waals surface area contributed by atoms with Gasteiger partial charge in [0.15, 0.2) is 0 Å². The second kappa shape index (κ2) is 6.81. The first kappa shape index (κ1) is 13.4. The van der Waals surface area contributed by atoms with Gasteiger partial charge in [-0.1, -0.05) is 17.7 Å². The van der Waals surface area contributed by atoms with Crippen LogP contribution in [-0.4, -0.2) is 15.3 Å². The fourth-order valence-corrected chi connectivity index (χ4v) is 0.778. The SMILES string of the molecule is Cc1cccc(C(=O)O)c1.O=S(Cl)Cl. The molecule has 0 radical (unpaired) electrons. The number of aromatic carboxylic acids is 1. The molecular formula is C8H8Cl2O3S. The number of halogens is 2. The smallest absolute Gasteiger partial charge is 0.335 e. The molecule has 0 saturated carbocycles. The summed E-state index contributed by atoms with van der Waals surface area (Å²) in [6, 6.07) is 6.82. The molecule has 0 aliphatic rings. The van der Waals surface area contributed by atoms with E-state index in [2.05, 4.69) is 21.4 Å². The third kappa shape index (κ3) is 6.88. The summed E-state index contributed by atoms with van der Waals surface area (Å²) < 4.78 is 9.09. The van der Waals surface area contributed by atoms with Crippen molar-refractivity contribution in [3.05, 3.63) is 35.4 Å². The van der Waals surface area contributed by atoms with Gasteiger partial charge in [-0.15, -0.1) is 0 Å². The van der Waals surface area contributed by atoms with Crippen LogP contribution in [0, 0.1) is 6.92 Å². The highest BCUT2D eigenvalue weighted by molar-refractivity contribution is 8.26. The van der Waals surface area contributed by atoms with Gasteiger partial charge in [-0.3, -0.25) is 0 Å². The zero-order chi connectivity index (χ0) is 11.1. The van der Waals surface area contributed by atoms with Crippen molar-refractivity contribution in [3.8, 4) is 0 Å². The largest absolute Gasteiger partial charge is 0.478 e. The predicted molar refractivity (Wildman–Crippen MR) is 58.0 cm³/mol. The van der Waals surface area contributed by atoms with Gasteiger partial charge in [0.05, 0.1) is 5.56 Å². The number of carboxylic acid groups (broad SMARTS) is 1. The Hall–Kier alpha value is -0.580. The summed E-state index contributed by atoms with van der Waals surface area (Å²) in [6.45, 7) is 1.87. The van der Waals surface area contributed by atoms with Gasteiger partial charge >= 0.3 is 5.97 Å². The van der Waals surface area contributed by atoms with E-state index in [9.17, 15) is 4.79 Å². The van der Waals surface area contributed by atoms with Gasteiger partial charge in [0.25, 0.3) is 0 Å². The molecule has 1 N–H and O–H groups in total. The number of aryl methyl sites for hydroxylation is 1. The molecule has 14 heavy (non-hydrogen) atoms. The standard InChI is InChI=1S/C8H8O2.Cl2OS/c1-6-3-2-4-7(5-6)8(9)10;1-4(2)3/h2-5H,1H3,(H,9,10);. The lowest BCUT2D eigenvalue weighted by Gasteiger charge is -1.93. The molecule has 0 aromatic heterocycles. The summed E-state index contributed by atoms with van der Waals surface area (Å²) in [5, 5.41) is 8.51. The third-order valence-corrected chi connectivity index (χ3v) is 1.27. The number of benzene rings is 1. The van der Waals surface area contributed by atoms with E-state index < -0.39 is 15.2 Å². The summed E-state index contributed by atoms with van der Waals surface area (Å²) in [5.74, 6) is -0.872. The normalized spacial score (nSPS) is 9.14. The molecule has 0 bridgehead atoms. The predicted octanol–water partition coefficient (Wildman–Crippen LogP) is 2.74. The lowest BCUT2D eigenvalue weighted by molar-refractivity contribution is 0.0697. The Morgan fingerprint density at radius 1 is 1.43 bits per heavy atom. The molecular weight excluding hydrogens is 247 g/mol. The minimum atomic E-state index is -1.67. The fourth-order valence-electron chi connectivity index (χ4n) is 0.778. The first-order valence-electron chi connectivity index (χ1n) is 3.47. The Labute approximate surface area is 93.1 Å². The van der Waals surface area contributed by atoms with E-state index >= 15 is 0 Å². The Morgan fingerprint density at radius 3 is 2.21 bits per heavy atom. The molecule has 6 heteroatoms. The number of carbonyl (C=O) groups is 1. The third-order valence-electron chi connectivity index (χ3n) is 1.27. The van der Waals surface area contributed by atoms with Crippen LogP contribution in [0.5, 0.6) is 0 Å². The van der Waals surface area contributed by atoms with E-state index in [1.54, 1.807) is 18.2 Å². The average molecular weight is 255 g/mol. The summed E-state index contributed by atoms with van der Waals surface area (Å²) in [5.41, 5.74) is 1.32. The monoisotopic (exact) mass is 254 g/mol. The highest BCUT2D eigenvalue weighted by Gasteiger charge is 1.99. The molecule has 0 unspecified atom stereocenters. The second-order valence-electron chi connectivity index (χ2n) is 2.36. The number of hydrogen-bond donors (Lipinski definition) is 1. The van der Waals surface area contributed by atoms with Crippen molar-refractivity contribution in [2.75, 3.05) is 0 Å². The average Bonchev–Trinajstić information content (AvgIpc) is 2.03. The minimum absolute atomic E-state index is 0.347. The van der Waals surface area contributed by atoms with E-state index in [4.69, 9.17) is 9.32 Å². The van der Waals surface area contributed by atoms with Gasteiger partial charge < -0.3 is 5.11 Å². The van der Waals surface area contributed by atoms with Crippen molar-refractivity contribution in [2.24, 2.45) is 0 Å². The Balaban J connectivity index is 0.000000364. The Morgan fingerprint density at radius 2 is 1.93 bits per heavy atom. The maximum atomic E-state index is 10.4. The van der Waals surface area contributed by atoms with Crippen LogP contribution in [0.25, 0.3) is 0 Å². The first-order valence-corrected chi connectivity index (χ1v) is 6.28. The maximum absolute atomic E-state index is 10.4. The van der Waals surface area contributed by atoms with Crippen molar-refractivity contribution in [2.45, 2.75) is 6.92 Å². The molecule has 0 fully saturated rings. The van der Waals surface area contributed by atoms with Gasteiger partial charge in [-0.05, 0) is 19.1 Å². The van der Waals surface area contributed by atoms with E-state index in [0.717, 1.165) is 5.56 Å². The van der Waals surface area contributed by atoms with E-state index in [1.807, 2.05) is 13.0 Å². The first-order chi connectivity index (χ1) is 6.43. The maximum Gasteiger partial charge on any atom is 0.335 e. The fraction of sp³-hybridized carbons (Fsp3) is 0.125. The molecule has 0 heterocycles. The second-order valence-corrected chi connectivity index (χ2v) is 4.88. The molecule has 1 aromatic rings. The zero-order valence-electron chi connectivity index (χ0n) is 7.24. The van der Waals surface area contributed by atoms with Crippen molar-refractivity contribution >= 4 is 36.6 Å².